The minimum absolute atomic E-state index is 0.0882. The lowest BCUT2D eigenvalue weighted by molar-refractivity contribution is -0.124. The molecule has 1 amide bonds. The molecule has 0 radical (unpaired) electrons. The van der Waals surface area contributed by atoms with Crippen LogP contribution in [-0.2, 0) is 11.3 Å². The molecule has 0 saturated carbocycles. The Morgan fingerprint density at radius 3 is 2.79 bits per heavy atom. The first kappa shape index (κ1) is 21.6. The van der Waals surface area contributed by atoms with Gasteiger partial charge in [-0.2, -0.15) is 0 Å². The van der Waals surface area contributed by atoms with Crippen LogP contribution in [-0.4, -0.2) is 30.4 Å². The Balaban J connectivity index is 1.50. The Morgan fingerprint density at radius 2 is 2.03 bits per heavy atom. The van der Waals surface area contributed by atoms with E-state index in [4.69, 9.17) is 11.6 Å². The lowest BCUT2D eigenvalue weighted by Gasteiger charge is -2.16. The third-order valence-electron chi connectivity index (χ3n) is 5.58. The second-order valence-corrected chi connectivity index (χ2v) is 8.28. The molecule has 2 aromatic rings. The van der Waals surface area contributed by atoms with Crippen LogP contribution in [0.3, 0.4) is 0 Å². The number of benzene rings is 2. The highest BCUT2D eigenvalue weighted by molar-refractivity contribution is 6.30. The van der Waals surface area contributed by atoms with Crippen molar-refractivity contribution >= 4 is 23.1 Å². The lowest BCUT2D eigenvalue weighted by Crippen LogP contribution is -2.33. The van der Waals surface area contributed by atoms with E-state index in [-0.39, 0.29) is 11.8 Å². The summed E-state index contributed by atoms with van der Waals surface area (Å²) in [6.07, 6.45) is 4.96. The SMILES string of the molecule is CC/C=C(/CCNC(=O)C1CCN(Cc2ccccc2)C1)c1cc(Cl)ccc1C. The van der Waals surface area contributed by atoms with E-state index in [1.54, 1.807) is 0 Å². The van der Waals surface area contributed by atoms with Crippen LogP contribution in [0.2, 0.25) is 5.02 Å². The molecule has 0 bridgehead atoms. The number of hydrogen-bond acceptors (Lipinski definition) is 2. The molecule has 2 aromatic carbocycles. The van der Waals surface area contributed by atoms with Crippen LogP contribution in [0.15, 0.2) is 54.6 Å². The molecule has 1 aliphatic heterocycles. The smallest absolute Gasteiger partial charge is 0.224 e. The summed E-state index contributed by atoms with van der Waals surface area (Å²) in [4.78, 5) is 15.0. The molecule has 3 rings (SSSR count). The Labute approximate surface area is 179 Å². The van der Waals surface area contributed by atoms with E-state index in [1.165, 1.54) is 22.3 Å². The van der Waals surface area contributed by atoms with Gasteiger partial charge in [0.1, 0.15) is 0 Å². The lowest BCUT2D eigenvalue weighted by atomic mass is 9.97. The summed E-state index contributed by atoms with van der Waals surface area (Å²) >= 11 is 6.20. The van der Waals surface area contributed by atoms with Crippen molar-refractivity contribution in [2.75, 3.05) is 19.6 Å². The molecule has 1 fully saturated rings. The normalized spacial score (nSPS) is 17.5. The topological polar surface area (TPSA) is 32.3 Å². The van der Waals surface area contributed by atoms with Crippen LogP contribution in [0.5, 0.6) is 0 Å². The van der Waals surface area contributed by atoms with E-state index in [0.29, 0.717) is 6.54 Å². The fourth-order valence-corrected chi connectivity index (χ4v) is 4.20. The van der Waals surface area contributed by atoms with Crippen LogP contribution in [0, 0.1) is 12.8 Å². The van der Waals surface area contributed by atoms with Crippen molar-refractivity contribution in [2.24, 2.45) is 5.92 Å². The summed E-state index contributed by atoms with van der Waals surface area (Å²) in [6, 6.07) is 16.5. The highest BCUT2D eigenvalue weighted by Gasteiger charge is 2.27. The summed E-state index contributed by atoms with van der Waals surface area (Å²) in [5.41, 5.74) is 4.96. The molecule has 3 nitrogen and oxygen atoms in total. The molecule has 0 aromatic heterocycles. The molecular weight excluding hydrogens is 380 g/mol. The molecule has 1 unspecified atom stereocenters. The molecular formula is C25H31ClN2O. The number of aryl methyl sites for hydroxylation is 1. The van der Waals surface area contributed by atoms with Crippen LogP contribution in [0.1, 0.15) is 42.9 Å². The second-order valence-electron chi connectivity index (χ2n) is 7.84. The Morgan fingerprint density at radius 1 is 1.24 bits per heavy atom. The van der Waals surface area contributed by atoms with Crippen molar-refractivity contribution in [3.63, 3.8) is 0 Å². The summed E-state index contributed by atoms with van der Waals surface area (Å²) in [5, 5.41) is 3.91. The number of carbonyl (C=O) groups excluding carboxylic acids is 1. The fourth-order valence-electron chi connectivity index (χ4n) is 4.03. The van der Waals surface area contributed by atoms with Gasteiger partial charge >= 0.3 is 0 Å². The summed E-state index contributed by atoms with van der Waals surface area (Å²) in [7, 11) is 0. The number of likely N-dealkylation sites (tertiary alicyclic amines) is 1. The Hall–Kier alpha value is -2.10. The van der Waals surface area contributed by atoms with Gasteiger partial charge in [0.15, 0.2) is 0 Å². The van der Waals surface area contributed by atoms with Gasteiger partial charge in [-0.1, -0.05) is 61.0 Å². The minimum atomic E-state index is 0.0882. The average Bonchev–Trinajstić information content (AvgIpc) is 3.18. The van der Waals surface area contributed by atoms with Gasteiger partial charge in [-0.05, 0) is 67.1 Å². The molecule has 0 aliphatic carbocycles. The second kappa shape index (κ2) is 10.6. The van der Waals surface area contributed by atoms with Gasteiger partial charge in [0.05, 0.1) is 5.92 Å². The maximum atomic E-state index is 12.7. The predicted molar refractivity (Wildman–Crippen MR) is 122 cm³/mol. The van der Waals surface area contributed by atoms with Gasteiger partial charge in [-0.3, -0.25) is 9.69 Å². The quantitative estimate of drug-likeness (QED) is 0.625. The van der Waals surface area contributed by atoms with Gasteiger partial charge < -0.3 is 5.32 Å². The van der Waals surface area contributed by atoms with Gasteiger partial charge in [0.25, 0.3) is 0 Å². The van der Waals surface area contributed by atoms with E-state index < -0.39 is 0 Å². The average molecular weight is 411 g/mol. The molecule has 1 N–H and O–H groups in total. The number of amides is 1. The van der Waals surface area contributed by atoms with Crippen molar-refractivity contribution in [3.8, 4) is 0 Å². The van der Waals surface area contributed by atoms with E-state index in [0.717, 1.165) is 43.9 Å². The number of rotatable bonds is 8. The van der Waals surface area contributed by atoms with Gasteiger partial charge in [-0.15, -0.1) is 0 Å². The van der Waals surface area contributed by atoms with Crippen molar-refractivity contribution in [3.05, 3.63) is 76.3 Å². The third-order valence-corrected chi connectivity index (χ3v) is 5.82. The molecule has 1 heterocycles. The maximum absolute atomic E-state index is 12.7. The molecule has 0 spiro atoms. The van der Waals surface area contributed by atoms with Gasteiger partial charge in [0.2, 0.25) is 5.91 Å². The van der Waals surface area contributed by atoms with Crippen molar-refractivity contribution < 1.29 is 4.79 Å². The maximum Gasteiger partial charge on any atom is 0.224 e. The highest BCUT2D eigenvalue weighted by Crippen LogP contribution is 2.26. The van der Waals surface area contributed by atoms with Crippen molar-refractivity contribution in [1.82, 2.24) is 10.2 Å². The zero-order chi connectivity index (χ0) is 20.6. The molecule has 1 aliphatic rings. The molecule has 1 saturated heterocycles. The standard InChI is InChI=1S/C25H31ClN2O/c1-3-7-21(24-16-23(26)11-10-19(24)2)12-14-27-25(29)22-13-15-28(18-22)17-20-8-5-4-6-9-20/h4-11,16,22H,3,12-15,17-18H2,1-2H3,(H,27,29)/b21-7-. The zero-order valence-electron chi connectivity index (χ0n) is 17.5. The fraction of sp³-hybridized carbons (Fsp3) is 0.400. The summed E-state index contributed by atoms with van der Waals surface area (Å²) in [6.45, 7) is 7.64. The van der Waals surface area contributed by atoms with Crippen molar-refractivity contribution in [2.45, 2.75) is 39.7 Å². The van der Waals surface area contributed by atoms with E-state index in [1.807, 2.05) is 18.2 Å². The third kappa shape index (κ3) is 6.19. The molecule has 4 heteroatoms. The van der Waals surface area contributed by atoms with Crippen LogP contribution in [0.25, 0.3) is 5.57 Å². The van der Waals surface area contributed by atoms with Crippen LogP contribution >= 0.6 is 11.6 Å². The largest absolute Gasteiger partial charge is 0.355 e. The molecule has 29 heavy (non-hydrogen) atoms. The highest BCUT2D eigenvalue weighted by atomic mass is 35.5. The zero-order valence-corrected chi connectivity index (χ0v) is 18.2. The number of nitrogens with zero attached hydrogens (tertiary/aromatic N) is 1. The van der Waals surface area contributed by atoms with E-state index in [9.17, 15) is 4.79 Å². The van der Waals surface area contributed by atoms with E-state index >= 15 is 0 Å². The van der Waals surface area contributed by atoms with Gasteiger partial charge in [0, 0.05) is 24.7 Å². The van der Waals surface area contributed by atoms with E-state index in [2.05, 4.69) is 60.5 Å². The number of hydrogen-bond donors (Lipinski definition) is 1. The van der Waals surface area contributed by atoms with Crippen LogP contribution < -0.4 is 5.32 Å². The first-order chi connectivity index (χ1) is 14.1. The number of nitrogens with one attached hydrogen (secondary N) is 1. The number of carbonyl (C=O) groups is 1. The Bertz CT molecular complexity index is 847. The monoisotopic (exact) mass is 410 g/mol. The van der Waals surface area contributed by atoms with Gasteiger partial charge in [-0.25, -0.2) is 0 Å². The predicted octanol–water partition coefficient (Wildman–Crippen LogP) is 5.47. The molecule has 154 valence electrons. The summed E-state index contributed by atoms with van der Waals surface area (Å²) < 4.78 is 0. The van der Waals surface area contributed by atoms with Crippen molar-refractivity contribution in [1.29, 1.82) is 0 Å². The Kier molecular flexibility index (Phi) is 7.91. The number of allylic oxidation sites excluding steroid dienone is 1. The summed E-state index contributed by atoms with van der Waals surface area (Å²) in [5.74, 6) is 0.268. The first-order valence-corrected chi connectivity index (χ1v) is 10.9. The minimum Gasteiger partial charge on any atom is -0.355 e. The van der Waals surface area contributed by atoms with Crippen LogP contribution in [0.4, 0.5) is 0 Å². The molecule has 1 atom stereocenters. The first-order valence-electron chi connectivity index (χ1n) is 10.6. The number of halogens is 1.